The number of nitrogens with zero attached hydrogens (tertiary/aromatic N) is 1. The SMILES string of the molecule is O=C(O)c1ccncc1C(=O)Nc1cccc(F)c1. The van der Waals surface area contributed by atoms with Crippen molar-refractivity contribution in [2.24, 2.45) is 0 Å². The molecule has 0 aliphatic rings. The molecule has 5 nitrogen and oxygen atoms in total. The molecule has 1 heterocycles. The van der Waals surface area contributed by atoms with Gasteiger partial charge in [0.15, 0.2) is 0 Å². The molecule has 0 saturated carbocycles. The summed E-state index contributed by atoms with van der Waals surface area (Å²) in [6.07, 6.45) is 2.43. The molecule has 0 fully saturated rings. The fourth-order valence-corrected chi connectivity index (χ4v) is 1.53. The van der Waals surface area contributed by atoms with Crippen molar-refractivity contribution in [1.82, 2.24) is 4.98 Å². The maximum atomic E-state index is 13.0. The van der Waals surface area contributed by atoms with Crippen molar-refractivity contribution in [3.63, 3.8) is 0 Å². The third kappa shape index (κ3) is 2.92. The summed E-state index contributed by atoms with van der Waals surface area (Å²) >= 11 is 0. The van der Waals surface area contributed by atoms with Crippen LogP contribution in [0.2, 0.25) is 0 Å². The van der Waals surface area contributed by atoms with Gasteiger partial charge in [-0.3, -0.25) is 9.78 Å². The van der Waals surface area contributed by atoms with E-state index in [0.717, 1.165) is 12.3 Å². The first-order valence-corrected chi connectivity index (χ1v) is 5.32. The largest absolute Gasteiger partial charge is 0.478 e. The van der Waals surface area contributed by atoms with Gasteiger partial charge in [-0.05, 0) is 24.3 Å². The van der Waals surface area contributed by atoms with Gasteiger partial charge in [0.1, 0.15) is 5.82 Å². The number of halogens is 1. The summed E-state index contributed by atoms with van der Waals surface area (Å²) in [5, 5.41) is 11.4. The number of benzene rings is 1. The first-order chi connectivity index (χ1) is 9.08. The number of carbonyl (C=O) groups excluding carboxylic acids is 1. The molecule has 0 aliphatic carbocycles. The Balaban J connectivity index is 2.28. The average Bonchev–Trinajstić information content (AvgIpc) is 2.38. The van der Waals surface area contributed by atoms with Gasteiger partial charge >= 0.3 is 5.97 Å². The lowest BCUT2D eigenvalue weighted by Gasteiger charge is -2.07. The number of carboxylic acid groups (broad SMARTS) is 1. The zero-order valence-corrected chi connectivity index (χ0v) is 9.63. The molecule has 2 rings (SSSR count). The van der Waals surface area contributed by atoms with Crippen molar-refractivity contribution in [2.75, 3.05) is 5.32 Å². The van der Waals surface area contributed by atoms with Gasteiger partial charge in [0.2, 0.25) is 0 Å². The van der Waals surface area contributed by atoms with Gasteiger partial charge in [-0.1, -0.05) is 6.07 Å². The molecule has 0 unspecified atom stereocenters. The van der Waals surface area contributed by atoms with Crippen LogP contribution in [-0.2, 0) is 0 Å². The summed E-state index contributed by atoms with van der Waals surface area (Å²) < 4.78 is 13.0. The van der Waals surface area contributed by atoms with Gasteiger partial charge in [-0.25, -0.2) is 9.18 Å². The molecular weight excluding hydrogens is 251 g/mol. The lowest BCUT2D eigenvalue weighted by Crippen LogP contribution is -2.16. The number of hydrogen-bond donors (Lipinski definition) is 2. The van der Waals surface area contributed by atoms with Gasteiger partial charge < -0.3 is 10.4 Å². The molecule has 6 heteroatoms. The van der Waals surface area contributed by atoms with Crippen LogP contribution in [0.15, 0.2) is 42.7 Å². The Hall–Kier alpha value is -2.76. The van der Waals surface area contributed by atoms with Gasteiger partial charge in [0.05, 0.1) is 11.1 Å². The van der Waals surface area contributed by atoms with Crippen molar-refractivity contribution in [3.8, 4) is 0 Å². The van der Waals surface area contributed by atoms with E-state index in [2.05, 4.69) is 10.3 Å². The molecule has 0 aliphatic heterocycles. The van der Waals surface area contributed by atoms with Gasteiger partial charge in [-0.2, -0.15) is 0 Å². The fourth-order valence-electron chi connectivity index (χ4n) is 1.53. The number of aromatic nitrogens is 1. The number of aromatic carboxylic acids is 1. The zero-order valence-electron chi connectivity index (χ0n) is 9.63. The lowest BCUT2D eigenvalue weighted by atomic mass is 10.1. The third-order valence-electron chi connectivity index (χ3n) is 2.38. The van der Waals surface area contributed by atoms with E-state index in [4.69, 9.17) is 5.11 Å². The predicted molar refractivity (Wildman–Crippen MR) is 65.5 cm³/mol. The van der Waals surface area contributed by atoms with E-state index in [9.17, 15) is 14.0 Å². The molecule has 1 aromatic carbocycles. The first kappa shape index (κ1) is 12.7. The molecule has 0 spiro atoms. The maximum Gasteiger partial charge on any atom is 0.336 e. The Bertz CT molecular complexity index is 643. The molecule has 0 saturated heterocycles. The second kappa shape index (κ2) is 5.26. The van der Waals surface area contributed by atoms with Gasteiger partial charge in [0.25, 0.3) is 5.91 Å². The van der Waals surface area contributed by atoms with Crippen molar-refractivity contribution < 1.29 is 19.1 Å². The molecule has 1 amide bonds. The van der Waals surface area contributed by atoms with Crippen molar-refractivity contribution >= 4 is 17.6 Å². The summed E-state index contributed by atoms with van der Waals surface area (Å²) in [6, 6.07) is 6.53. The Kier molecular flexibility index (Phi) is 3.51. The Labute approximate surface area is 107 Å². The van der Waals surface area contributed by atoms with Crippen LogP contribution >= 0.6 is 0 Å². The van der Waals surface area contributed by atoms with Crippen LogP contribution in [0.5, 0.6) is 0 Å². The quantitative estimate of drug-likeness (QED) is 0.886. The van der Waals surface area contributed by atoms with E-state index in [1.54, 1.807) is 0 Å². The molecule has 0 atom stereocenters. The van der Waals surface area contributed by atoms with E-state index in [1.807, 2.05) is 0 Å². The predicted octanol–water partition coefficient (Wildman–Crippen LogP) is 2.17. The van der Waals surface area contributed by atoms with Crippen LogP contribution in [0.3, 0.4) is 0 Å². The summed E-state index contributed by atoms with van der Waals surface area (Å²) in [7, 11) is 0. The highest BCUT2D eigenvalue weighted by Crippen LogP contribution is 2.13. The van der Waals surface area contributed by atoms with Gasteiger partial charge in [0, 0.05) is 18.1 Å². The highest BCUT2D eigenvalue weighted by Gasteiger charge is 2.16. The number of hydrogen-bond acceptors (Lipinski definition) is 3. The molecule has 2 N–H and O–H groups in total. The number of amides is 1. The monoisotopic (exact) mass is 260 g/mol. The summed E-state index contributed by atoms with van der Waals surface area (Å²) in [5.74, 6) is -2.38. The lowest BCUT2D eigenvalue weighted by molar-refractivity contribution is 0.0692. The molecule has 19 heavy (non-hydrogen) atoms. The number of pyridine rings is 1. The zero-order chi connectivity index (χ0) is 13.8. The Morgan fingerprint density at radius 3 is 2.68 bits per heavy atom. The van der Waals surface area contributed by atoms with Gasteiger partial charge in [-0.15, -0.1) is 0 Å². The van der Waals surface area contributed by atoms with Crippen LogP contribution in [0.4, 0.5) is 10.1 Å². The molecular formula is C13H9FN2O3. The fraction of sp³-hybridized carbons (Fsp3) is 0. The molecule has 2 aromatic rings. The summed E-state index contributed by atoms with van der Waals surface area (Å²) in [6.45, 7) is 0. The van der Waals surface area contributed by atoms with Crippen LogP contribution in [0.1, 0.15) is 20.7 Å². The number of rotatable bonds is 3. The molecule has 0 bridgehead atoms. The number of carboxylic acids is 1. The van der Waals surface area contributed by atoms with Crippen LogP contribution < -0.4 is 5.32 Å². The average molecular weight is 260 g/mol. The summed E-state index contributed by atoms with van der Waals surface area (Å²) in [5.41, 5.74) is -0.00615. The number of anilines is 1. The van der Waals surface area contributed by atoms with E-state index >= 15 is 0 Å². The van der Waals surface area contributed by atoms with Crippen LogP contribution in [0.25, 0.3) is 0 Å². The highest BCUT2D eigenvalue weighted by molar-refractivity contribution is 6.10. The standard InChI is InChI=1S/C13H9FN2O3/c14-8-2-1-3-9(6-8)16-12(17)11-7-15-5-4-10(11)13(18)19/h1-7H,(H,16,17)(H,18,19). The minimum atomic E-state index is -1.23. The van der Waals surface area contributed by atoms with E-state index in [1.165, 1.54) is 30.5 Å². The molecule has 0 radical (unpaired) electrons. The second-order valence-electron chi connectivity index (χ2n) is 3.69. The second-order valence-corrected chi connectivity index (χ2v) is 3.69. The van der Waals surface area contributed by atoms with E-state index in [-0.39, 0.29) is 16.8 Å². The van der Waals surface area contributed by atoms with Crippen molar-refractivity contribution in [1.29, 1.82) is 0 Å². The minimum Gasteiger partial charge on any atom is -0.478 e. The number of carbonyl (C=O) groups is 2. The van der Waals surface area contributed by atoms with E-state index in [0.29, 0.717) is 0 Å². The Morgan fingerprint density at radius 2 is 2.00 bits per heavy atom. The molecule has 96 valence electrons. The third-order valence-corrected chi connectivity index (χ3v) is 2.38. The topological polar surface area (TPSA) is 79.3 Å². The van der Waals surface area contributed by atoms with Crippen molar-refractivity contribution in [3.05, 3.63) is 59.7 Å². The summed E-state index contributed by atoms with van der Waals surface area (Å²) in [4.78, 5) is 26.6. The van der Waals surface area contributed by atoms with Crippen LogP contribution in [-0.4, -0.2) is 22.0 Å². The van der Waals surface area contributed by atoms with Crippen LogP contribution in [0, 0.1) is 5.82 Å². The molecule has 1 aromatic heterocycles. The Morgan fingerprint density at radius 1 is 1.21 bits per heavy atom. The smallest absolute Gasteiger partial charge is 0.336 e. The normalized spacial score (nSPS) is 9.95. The highest BCUT2D eigenvalue weighted by atomic mass is 19.1. The van der Waals surface area contributed by atoms with E-state index < -0.39 is 17.7 Å². The number of nitrogens with one attached hydrogen (secondary N) is 1. The first-order valence-electron chi connectivity index (χ1n) is 5.32. The van der Waals surface area contributed by atoms with Crippen molar-refractivity contribution in [2.45, 2.75) is 0 Å². The maximum absolute atomic E-state index is 13.0. The minimum absolute atomic E-state index is 0.0840.